The average molecular weight is 264 g/mol. The van der Waals surface area contributed by atoms with Gasteiger partial charge in [0, 0.05) is 0 Å². The van der Waals surface area contributed by atoms with Crippen molar-refractivity contribution in [3.8, 4) is 0 Å². The molecule has 3 nitrogen and oxygen atoms in total. The fourth-order valence-corrected chi connectivity index (χ4v) is 1.19. The van der Waals surface area contributed by atoms with Gasteiger partial charge in [0.05, 0.1) is 16.2 Å². The zero-order chi connectivity index (χ0) is 13.2. The predicted octanol–water partition coefficient (Wildman–Crippen LogP) is 3.08. The number of amides is 1. The van der Waals surface area contributed by atoms with Gasteiger partial charge in [0.2, 0.25) is 0 Å². The Balaban J connectivity index is 2.86. The summed E-state index contributed by atoms with van der Waals surface area (Å²) in [5.74, 6) is -2.98. The van der Waals surface area contributed by atoms with Gasteiger partial charge in [-0.15, -0.1) is 0 Å². The molecule has 0 atom stereocenters. The molecule has 0 aromatic heterocycles. The monoisotopic (exact) mass is 263 g/mol. The van der Waals surface area contributed by atoms with Crippen LogP contribution in [0.1, 0.15) is 31.1 Å². The normalized spacial score (nSPS) is 11.4. The molecule has 0 heterocycles. The van der Waals surface area contributed by atoms with E-state index < -0.39 is 23.1 Å². The molecule has 1 N–H and O–H groups in total. The van der Waals surface area contributed by atoms with Gasteiger partial charge in [-0.2, -0.15) is 0 Å². The first-order chi connectivity index (χ1) is 7.70. The zero-order valence-electron chi connectivity index (χ0n) is 9.61. The van der Waals surface area contributed by atoms with Crippen LogP contribution in [0.2, 0.25) is 5.02 Å². The summed E-state index contributed by atoms with van der Waals surface area (Å²) in [6.07, 6.45) is 0. The second-order valence-electron chi connectivity index (χ2n) is 4.39. The van der Waals surface area contributed by atoms with Crippen molar-refractivity contribution in [1.29, 1.82) is 0 Å². The summed E-state index contributed by atoms with van der Waals surface area (Å²) in [6, 6.07) is 1.46. The first-order valence-corrected chi connectivity index (χ1v) is 5.21. The molecule has 6 heteroatoms. The van der Waals surface area contributed by atoms with Crippen molar-refractivity contribution in [2.45, 2.75) is 26.4 Å². The first kappa shape index (κ1) is 13.9. The maximum atomic E-state index is 12.9. The number of nitrogens with one attached hydrogen (secondary N) is 1. The van der Waals surface area contributed by atoms with Gasteiger partial charge in [0.1, 0.15) is 0 Å². The van der Waals surface area contributed by atoms with E-state index in [1.54, 1.807) is 20.8 Å². The lowest BCUT2D eigenvalue weighted by Crippen LogP contribution is -2.33. The zero-order valence-corrected chi connectivity index (χ0v) is 10.4. The molecule has 0 radical (unpaired) electrons. The third-order valence-electron chi connectivity index (χ3n) is 1.70. The summed E-state index contributed by atoms with van der Waals surface area (Å²) in [7, 11) is 0. The van der Waals surface area contributed by atoms with Crippen LogP contribution in [0.3, 0.4) is 0 Å². The third-order valence-corrected chi connectivity index (χ3v) is 2.02. The van der Waals surface area contributed by atoms with Gasteiger partial charge in [-0.1, -0.05) is 11.6 Å². The minimum atomic E-state index is -1.14. The van der Waals surface area contributed by atoms with E-state index in [9.17, 15) is 13.6 Å². The molecule has 0 saturated carbocycles. The number of halogens is 3. The minimum Gasteiger partial charge on any atom is -0.268 e. The fraction of sp³-hybridized carbons (Fsp3) is 0.364. The highest BCUT2D eigenvalue weighted by molar-refractivity contribution is 6.33. The van der Waals surface area contributed by atoms with Gasteiger partial charge in [-0.25, -0.2) is 14.3 Å². The fourth-order valence-electron chi connectivity index (χ4n) is 0.951. The van der Waals surface area contributed by atoms with Crippen LogP contribution in [0.5, 0.6) is 0 Å². The number of benzene rings is 1. The van der Waals surface area contributed by atoms with Crippen molar-refractivity contribution < 1.29 is 18.4 Å². The van der Waals surface area contributed by atoms with E-state index in [0.29, 0.717) is 0 Å². The standard InChI is InChI=1S/C11H12ClF2NO2/c1-11(2,3)17-15-10(16)6-4-8(13)9(14)5-7(6)12/h4-5H,1-3H3,(H,15,16). The van der Waals surface area contributed by atoms with Crippen LogP contribution in [0.25, 0.3) is 0 Å². The van der Waals surface area contributed by atoms with Crippen molar-refractivity contribution in [3.63, 3.8) is 0 Å². The molecule has 1 rings (SSSR count). The maximum absolute atomic E-state index is 12.9. The van der Waals surface area contributed by atoms with Gasteiger partial charge >= 0.3 is 0 Å². The second kappa shape index (κ2) is 4.98. The Morgan fingerprint density at radius 3 is 2.35 bits per heavy atom. The molecule has 1 amide bonds. The highest BCUT2D eigenvalue weighted by Crippen LogP contribution is 2.20. The number of carbonyl (C=O) groups excluding carboxylic acids is 1. The Labute approximate surface area is 103 Å². The number of rotatable bonds is 2. The van der Waals surface area contributed by atoms with Crippen molar-refractivity contribution >= 4 is 17.5 Å². The van der Waals surface area contributed by atoms with E-state index in [0.717, 1.165) is 12.1 Å². The Kier molecular flexibility index (Phi) is 4.06. The molecule has 0 aliphatic rings. The van der Waals surface area contributed by atoms with E-state index in [4.69, 9.17) is 16.4 Å². The summed E-state index contributed by atoms with van der Waals surface area (Å²) < 4.78 is 25.7. The molecule has 17 heavy (non-hydrogen) atoms. The molecule has 0 aliphatic carbocycles. The van der Waals surface area contributed by atoms with E-state index in [1.165, 1.54) is 0 Å². The summed E-state index contributed by atoms with van der Waals surface area (Å²) in [5.41, 5.74) is 1.33. The first-order valence-electron chi connectivity index (χ1n) is 4.83. The van der Waals surface area contributed by atoms with Crippen molar-refractivity contribution in [2.75, 3.05) is 0 Å². The van der Waals surface area contributed by atoms with Crippen molar-refractivity contribution in [3.05, 3.63) is 34.4 Å². The van der Waals surface area contributed by atoms with Gasteiger partial charge in [0.25, 0.3) is 5.91 Å². The molecule has 94 valence electrons. The minimum absolute atomic E-state index is 0.182. The predicted molar refractivity (Wildman–Crippen MR) is 59.7 cm³/mol. The molecule has 1 aromatic rings. The molecule has 0 aliphatic heterocycles. The molecular weight excluding hydrogens is 252 g/mol. The molecule has 1 aromatic carbocycles. The average Bonchev–Trinajstić information content (AvgIpc) is 2.19. The summed E-state index contributed by atoms with van der Waals surface area (Å²) >= 11 is 5.62. The SMILES string of the molecule is CC(C)(C)ONC(=O)c1cc(F)c(F)cc1Cl. The lowest BCUT2D eigenvalue weighted by atomic mass is 10.2. The third kappa shape index (κ3) is 3.94. The van der Waals surface area contributed by atoms with Crippen LogP contribution in [-0.4, -0.2) is 11.5 Å². The lowest BCUT2D eigenvalue weighted by molar-refractivity contribution is -0.0589. The molecule has 0 bridgehead atoms. The number of hydrogen-bond donors (Lipinski definition) is 1. The van der Waals surface area contributed by atoms with E-state index in [1.807, 2.05) is 0 Å². The number of carbonyl (C=O) groups is 1. The highest BCUT2D eigenvalue weighted by atomic mass is 35.5. The second-order valence-corrected chi connectivity index (χ2v) is 4.80. The molecule has 0 saturated heterocycles. The van der Waals surface area contributed by atoms with Crippen molar-refractivity contribution in [1.82, 2.24) is 5.48 Å². The lowest BCUT2D eigenvalue weighted by Gasteiger charge is -2.19. The van der Waals surface area contributed by atoms with E-state index >= 15 is 0 Å². The van der Waals surface area contributed by atoms with Crippen molar-refractivity contribution in [2.24, 2.45) is 0 Å². The quantitative estimate of drug-likeness (QED) is 0.658. The largest absolute Gasteiger partial charge is 0.276 e. The van der Waals surface area contributed by atoms with Gasteiger partial charge in [-0.05, 0) is 32.9 Å². The number of hydrogen-bond acceptors (Lipinski definition) is 2. The van der Waals surface area contributed by atoms with Gasteiger partial charge in [-0.3, -0.25) is 9.63 Å². The van der Waals surface area contributed by atoms with Crippen LogP contribution < -0.4 is 5.48 Å². The van der Waals surface area contributed by atoms with Gasteiger partial charge < -0.3 is 0 Å². The highest BCUT2D eigenvalue weighted by Gasteiger charge is 2.18. The smallest absolute Gasteiger partial charge is 0.268 e. The topological polar surface area (TPSA) is 38.3 Å². The summed E-state index contributed by atoms with van der Waals surface area (Å²) in [6.45, 7) is 5.17. The summed E-state index contributed by atoms with van der Waals surface area (Å²) in [4.78, 5) is 16.6. The van der Waals surface area contributed by atoms with Crippen LogP contribution in [0.15, 0.2) is 12.1 Å². The Morgan fingerprint density at radius 1 is 1.29 bits per heavy atom. The summed E-state index contributed by atoms with van der Waals surface area (Å²) in [5, 5.41) is -0.182. The Hall–Kier alpha value is -1.20. The van der Waals surface area contributed by atoms with Crippen LogP contribution in [-0.2, 0) is 4.84 Å². The van der Waals surface area contributed by atoms with Crippen LogP contribution in [0.4, 0.5) is 8.78 Å². The molecule has 0 fully saturated rings. The Bertz CT molecular complexity index is 444. The molecular formula is C11H12ClF2NO2. The Morgan fingerprint density at radius 2 is 1.82 bits per heavy atom. The van der Waals surface area contributed by atoms with Gasteiger partial charge in [0.15, 0.2) is 11.6 Å². The van der Waals surface area contributed by atoms with E-state index in [2.05, 4.69) is 5.48 Å². The number of hydroxylamine groups is 1. The maximum Gasteiger partial charge on any atom is 0.276 e. The van der Waals surface area contributed by atoms with Crippen LogP contribution in [0, 0.1) is 11.6 Å². The van der Waals surface area contributed by atoms with Crippen LogP contribution >= 0.6 is 11.6 Å². The molecule has 0 spiro atoms. The van der Waals surface area contributed by atoms with E-state index in [-0.39, 0.29) is 10.6 Å². The molecule has 0 unspecified atom stereocenters.